The van der Waals surface area contributed by atoms with E-state index in [1.165, 1.54) is 6.07 Å². The number of azide groups is 1. The number of amides is 1. The Morgan fingerprint density at radius 3 is 2.63 bits per heavy atom. The van der Waals surface area contributed by atoms with Crippen LogP contribution in [0, 0.1) is 11.6 Å². The highest BCUT2D eigenvalue weighted by Crippen LogP contribution is 2.20. The standard InChI is InChI=1S/C11H13F2N5O/c12-7-3-1-4-8(13)9(7)10(11(14)19)16-5-2-6-17-18-15/h1,3-4,10,16H,2,5-6H2,(H2,14,19). The van der Waals surface area contributed by atoms with Crippen molar-refractivity contribution in [2.75, 3.05) is 13.1 Å². The molecule has 1 unspecified atom stereocenters. The van der Waals surface area contributed by atoms with Crippen molar-refractivity contribution in [3.8, 4) is 0 Å². The molecule has 102 valence electrons. The van der Waals surface area contributed by atoms with E-state index in [2.05, 4.69) is 15.3 Å². The van der Waals surface area contributed by atoms with Crippen LogP contribution in [0.3, 0.4) is 0 Å². The number of carbonyl (C=O) groups is 1. The van der Waals surface area contributed by atoms with Crippen molar-refractivity contribution >= 4 is 5.91 Å². The van der Waals surface area contributed by atoms with E-state index in [1.807, 2.05) is 0 Å². The van der Waals surface area contributed by atoms with Gasteiger partial charge in [-0.1, -0.05) is 11.2 Å². The highest BCUT2D eigenvalue weighted by Gasteiger charge is 2.24. The van der Waals surface area contributed by atoms with Crippen molar-refractivity contribution in [3.63, 3.8) is 0 Å². The molecule has 8 heteroatoms. The van der Waals surface area contributed by atoms with Crippen LogP contribution in [0.4, 0.5) is 8.78 Å². The lowest BCUT2D eigenvalue weighted by atomic mass is 10.0. The van der Waals surface area contributed by atoms with Gasteiger partial charge in [-0.15, -0.1) is 0 Å². The Morgan fingerprint density at radius 1 is 1.47 bits per heavy atom. The second-order valence-corrected chi connectivity index (χ2v) is 3.73. The summed E-state index contributed by atoms with van der Waals surface area (Å²) in [4.78, 5) is 13.8. The van der Waals surface area contributed by atoms with Gasteiger partial charge in [-0.2, -0.15) is 0 Å². The van der Waals surface area contributed by atoms with Gasteiger partial charge in [0.05, 0.1) is 0 Å². The molecule has 0 bridgehead atoms. The Labute approximate surface area is 108 Å². The molecule has 0 aliphatic carbocycles. The minimum atomic E-state index is -1.26. The summed E-state index contributed by atoms with van der Waals surface area (Å²) < 4.78 is 27.1. The lowest BCUT2D eigenvalue weighted by Gasteiger charge is -2.16. The van der Waals surface area contributed by atoms with Crippen molar-refractivity contribution in [2.45, 2.75) is 12.5 Å². The maximum absolute atomic E-state index is 13.5. The number of carbonyl (C=O) groups excluding carboxylic acids is 1. The summed E-state index contributed by atoms with van der Waals surface area (Å²) >= 11 is 0. The molecule has 0 fully saturated rings. The average Bonchev–Trinajstić information content (AvgIpc) is 2.35. The van der Waals surface area contributed by atoms with E-state index in [4.69, 9.17) is 11.3 Å². The molecule has 0 aliphatic heterocycles. The van der Waals surface area contributed by atoms with Crippen LogP contribution in [0.2, 0.25) is 0 Å². The molecule has 1 amide bonds. The first-order chi connectivity index (χ1) is 9.07. The summed E-state index contributed by atoms with van der Waals surface area (Å²) in [5.74, 6) is -2.56. The SMILES string of the molecule is [N-]=[N+]=NCCCNC(C(N)=O)c1c(F)cccc1F. The van der Waals surface area contributed by atoms with E-state index in [9.17, 15) is 13.6 Å². The first-order valence-electron chi connectivity index (χ1n) is 5.55. The minimum absolute atomic E-state index is 0.217. The summed E-state index contributed by atoms with van der Waals surface area (Å²) in [6, 6.07) is 2.05. The third kappa shape index (κ3) is 4.20. The van der Waals surface area contributed by atoms with E-state index in [-0.39, 0.29) is 13.1 Å². The number of nitrogens with two attached hydrogens (primary N) is 1. The number of nitrogens with zero attached hydrogens (tertiary/aromatic N) is 3. The van der Waals surface area contributed by atoms with Gasteiger partial charge in [0.15, 0.2) is 0 Å². The zero-order chi connectivity index (χ0) is 14.3. The Hall–Kier alpha value is -2.18. The Morgan fingerprint density at radius 2 is 2.11 bits per heavy atom. The van der Waals surface area contributed by atoms with Gasteiger partial charge < -0.3 is 11.1 Å². The Bertz CT molecular complexity index is 482. The van der Waals surface area contributed by atoms with Gasteiger partial charge in [0.25, 0.3) is 0 Å². The van der Waals surface area contributed by atoms with Gasteiger partial charge in [0, 0.05) is 17.0 Å². The maximum Gasteiger partial charge on any atom is 0.239 e. The van der Waals surface area contributed by atoms with Crippen molar-refractivity contribution in [1.29, 1.82) is 0 Å². The third-order valence-electron chi connectivity index (χ3n) is 2.42. The number of hydrogen-bond acceptors (Lipinski definition) is 3. The molecule has 1 aromatic rings. The molecular weight excluding hydrogens is 256 g/mol. The molecule has 19 heavy (non-hydrogen) atoms. The van der Waals surface area contributed by atoms with Crippen LogP contribution in [-0.4, -0.2) is 19.0 Å². The third-order valence-corrected chi connectivity index (χ3v) is 2.42. The van der Waals surface area contributed by atoms with Crippen molar-refractivity contribution in [1.82, 2.24) is 5.32 Å². The van der Waals surface area contributed by atoms with E-state index in [0.717, 1.165) is 12.1 Å². The lowest BCUT2D eigenvalue weighted by molar-refractivity contribution is -0.120. The molecule has 1 rings (SSSR count). The normalized spacial score (nSPS) is 11.7. The number of hydrogen-bond donors (Lipinski definition) is 2. The topological polar surface area (TPSA) is 104 Å². The van der Waals surface area contributed by atoms with Gasteiger partial charge in [0.2, 0.25) is 5.91 Å². The van der Waals surface area contributed by atoms with Crippen molar-refractivity contribution in [3.05, 3.63) is 45.8 Å². The number of nitrogens with one attached hydrogen (secondary N) is 1. The largest absolute Gasteiger partial charge is 0.368 e. The van der Waals surface area contributed by atoms with Gasteiger partial charge >= 0.3 is 0 Å². The number of rotatable bonds is 7. The molecule has 0 radical (unpaired) electrons. The molecule has 0 saturated carbocycles. The Balaban J connectivity index is 2.78. The average molecular weight is 269 g/mol. The van der Waals surface area contributed by atoms with Crippen LogP contribution in [0.5, 0.6) is 0 Å². The number of benzene rings is 1. The smallest absolute Gasteiger partial charge is 0.239 e. The molecular formula is C11H13F2N5O. The zero-order valence-electron chi connectivity index (χ0n) is 10.0. The van der Waals surface area contributed by atoms with E-state index in [1.54, 1.807) is 0 Å². The van der Waals surface area contributed by atoms with Crippen LogP contribution in [0.1, 0.15) is 18.0 Å². The highest BCUT2D eigenvalue weighted by molar-refractivity contribution is 5.81. The maximum atomic E-state index is 13.5. The van der Waals surface area contributed by atoms with Crippen molar-refractivity contribution < 1.29 is 13.6 Å². The lowest BCUT2D eigenvalue weighted by Crippen LogP contribution is -2.35. The number of halogens is 2. The molecule has 0 aliphatic rings. The Kier molecular flexibility index (Phi) is 5.72. The van der Waals surface area contributed by atoms with Crippen molar-refractivity contribution in [2.24, 2.45) is 10.8 Å². The van der Waals surface area contributed by atoms with Crippen LogP contribution in [0.25, 0.3) is 10.4 Å². The summed E-state index contributed by atoms with van der Waals surface area (Å²) in [6.45, 7) is 0.454. The monoisotopic (exact) mass is 269 g/mol. The fourth-order valence-electron chi connectivity index (χ4n) is 1.57. The van der Waals surface area contributed by atoms with E-state index >= 15 is 0 Å². The molecule has 0 saturated heterocycles. The summed E-state index contributed by atoms with van der Waals surface area (Å²) in [7, 11) is 0. The predicted octanol–water partition coefficient (Wildman–Crippen LogP) is 1.78. The second kappa shape index (κ2) is 7.30. The van der Waals surface area contributed by atoms with Gasteiger partial charge in [-0.25, -0.2) is 8.78 Å². The molecule has 3 N–H and O–H groups in total. The number of primary amides is 1. The first kappa shape index (κ1) is 14.9. The fourth-order valence-corrected chi connectivity index (χ4v) is 1.57. The quantitative estimate of drug-likeness (QED) is 0.341. The van der Waals surface area contributed by atoms with Crippen LogP contribution in [-0.2, 0) is 4.79 Å². The van der Waals surface area contributed by atoms with Gasteiger partial charge in [-0.3, -0.25) is 4.79 Å². The second-order valence-electron chi connectivity index (χ2n) is 3.73. The van der Waals surface area contributed by atoms with Crippen LogP contribution < -0.4 is 11.1 Å². The molecule has 1 aromatic carbocycles. The molecule has 6 nitrogen and oxygen atoms in total. The predicted molar refractivity (Wildman–Crippen MR) is 64.9 cm³/mol. The molecule has 0 aromatic heterocycles. The van der Waals surface area contributed by atoms with Crippen LogP contribution in [0.15, 0.2) is 23.3 Å². The molecule has 1 atom stereocenters. The molecule has 0 spiro atoms. The summed E-state index contributed by atoms with van der Waals surface area (Å²) in [5, 5.41) is 5.94. The summed E-state index contributed by atoms with van der Waals surface area (Å²) in [6.07, 6.45) is 0.421. The van der Waals surface area contributed by atoms with Gasteiger partial charge in [-0.05, 0) is 30.6 Å². The fraction of sp³-hybridized carbons (Fsp3) is 0.364. The first-order valence-corrected chi connectivity index (χ1v) is 5.55. The highest BCUT2D eigenvalue weighted by atomic mass is 19.1. The van der Waals surface area contributed by atoms with Crippen LogP contribution >= 0.6 is 0 Å². The summed E-state index contributed by atoms with van der Waals surface area (Å²) in [5.41, 5.74) is 12.8. The minimum Gasteiger partial charge on any atom is -0.368 e. The zero-order valence-corrected chi connectivity index (χ0v) is 10.0. The van der Waals surface area contributed by atoms with E-state index in [0.29, 0.717) is 6.42 Å². The molecule has 0 heterocycles. The van der Waals surface area contributed by atoms with Gasteiger partial charge in [0.1, 0.15) is 17.7 Å². The van der Waals surface area contributed by atoms with E-state index < -0.39 is 29.1 Å².